The number of rotatable bonds is 6. The molecule has 1 aliphatic heterocycles. The van der Waals surface area contributed by atoms with Gasteiger partial charge in [0.15, 0.2) is 21.3 Å². The maximum absolute atomic E-state index is 16.0. The number of aryl methyl sites for hydroxylation is 1. The van der Waals surface area contributed by atoms with Gasteiger partial charge >= 0.3 is 5.69 Å². The Balaban J connectivity index is 1.90. The fourth-order valence-corrected chi connectivity index (χ4v) is 6.74. The van der Waals surface area contributed by atoms with Gasteiger partial charge in [-0.15, -0.1) is 0 Å². The summed E-state index contributed by atoms with van der Waals surface area (Å²) in [5.74, 6) is -2.19. The second-order valence-electron chi connectivity index (χ2n) is 10.8. The molecule has 0 saturated carbocycles. The lowest BCUT2D eigenvalue weighted by Crippen LogP contribution is -2.60. The van der Waals surface area contributed by atoms with Crippen LogP contribution < -0.4 is 16.3 Å². The number of sulfone groups is 1. The predicted octanol–water partition coefficient (Wildman–Crippen LogP) is 3.53. The number of hydrogen-bond acceptors (Lipinski definition) is 8. The molecule has 2 N–H and O–H groups in total. The van der Waals surface area contributed by atoms with E-state index in [2.05, 4.69) is 21.4 Å². The van der Waals surface area contributed by atoms with Gasteiger partial charge < -0.3 is 20.4 Å². The number of amides is 1. The van der Waals surface area contributed by atoms with E-state index in [1.807, 2.05) is 0 Å². The van der Waals surface area contributed by atoms with Crippen molar-refractivity contribution in [3.8, 4) is 16.9 Å². The highest BCUT2D eigenvalue weighted by Crippen LogP contribution is 2.36. The van der Waals surface area contributed by atoms with Gasteiger partial charge in [-0.2, -0.15) is 4.98 Å². The molecule has 0 unspecified atom stereocenters. The van der Waals surface area contributed by atoms with Crippen LogP contribution >= 0.6 is 0 Å². The minimum absolute atomic E-state index is 0.00112. The summed E-state index contributed by atoms with van der Waals surface area (Å²) in [5, 5.41) is -0.00112. The molecule has 0 bridgehead atoms. The largest absolute Gasteiger partial charge is 0.398 e. The van der Waals surface area contributed by atoms with Gasteiger partial charge in [0.05, 0.1) is 21.5 Å². The van der Waals surface area contributed by atoms with Crippen LogP contribution in [0.15, 0.2) is 64.8 Å². The van der Waals surface area contributed by atoms with Crippen molar-refractivity contribution in [1.29, 1.82) is 0 Å². The first-order valence-electron chi connectivity index (χ1n) is 13.8. The number of para-hydroxylation sites is 1. The van der Waals surface area contributed by atoms with Crippen LogP contribution in [0.3, 0.4) is 0 Å². The zero-order valence-corrected chi connectivity index (χ0v) is 25.5. The Hall–Kier alpha value is -5.16. The number of halogens is 2. The predicted molar refractivity (Wildman–Crippen MR) is 167 cm³/mol. The van der Waals surface area contributed by atoms with Crippen LogP contribution in [0.4, 0.5) is 20.3 Å². The molecule has 0 spiro atoms. The summed E-state index contributed by atoms with van der Waals surface area (Å²) in [4.78, 5) is 41.8. The van der Waals surface area contributed by atoms with Crippen LogP contribution in [-0.4, -0.2) is 71.7 Å². The third-order valence-electron chi connectivity index (χ3n) is 7.72. The Morgan fingerprint density at radius 3 is 2.53 bits per heavy atom. The zero-order valence-electron chi connectivity index (χ0n) is 24.7. The molecule has 3 heterocycles. The molecule has 232 valence electrons. The van der Waals surface area contributed by atoms with E-state index in [9.17, 15) is 18.0 Å². The molecule has 4 aromatic rings. The highest BCUT2D eigenvalue weighted by molar-refractivity contribution is 7.90. The van der Waals surface area contributed by atoms with Crippen molar-refractivity contribution in [2.24, 2.45) is 0 Å². The van der Waals surface area contributed by atoms with Gasteiger partial charge in [-0.05, 0) is 49.8 Å². The maximum atomic E-state index is 16.0. The molecule has 2 aromatic heterocycles. The number of anilines is 2. The summed E-state index contributed by atoms with van der Waals surface area (Å²) >= 11 is 0. The molecular formula is C31H29F2N7O4S. The maximum Gasteiger partial charge on any atom is 0.355 e. The number of piperazine rings is 1. The van der Waals surface area contributed by atoms with Gasteiger partial charge in [-0.25, -0.2) is 38.1 Å². The monoisotopic (exact) mass is 633 g/mol. The SMILES string of the molecule is [C-]#[N+]C[C@H]1CN(C(=O)C=C)C[C@H](C)N1c1nc(=O)n(-c2c(C)cccc2S(C)(=O)=O)c2nc(-c3c(N)cccc3F)c(F)cc12. The number of nitrogen functional groups attached to an aromatic ring is 1. The van der Waals surface area contributed by atoms with E-state index in [4.69, 9.17) is 12.3 Å². The summed E-state index contributed by atoms with van der Waals surface area (Å²) in [6.45, 7) is 14.6. The minimum atomic E-state index is -3.90. The van der Waals surface area contributed by atoms with Crippen molar-refractivity contribution in [1.82, 2.24) is 19.4 Å². The van der Waals surface area contributed by atoms with Crippen LogP contribution in [0, 0.1) is 25.1 Å². The third kappa shape index (κ3) is 5.51. The number of benzene rings is 2. The molecule has 14 heteroatoms. The highest BCUT2D eigenvalue weighted by Gasteiger charge is 2.38. The molecule has 1 aliphatic rings. The van der Waals surface area contributed by atoms with Gasteiger partial charge in [0.2, 0.25) is 12.5 Å². The fourth-order valence-electron chi connectivity index (χ4n) is 5.81. The molecule has 1 saturated heterocycles. The van der Waals surface area contributed by atoms with Gasteiger partial charge in [0, 0.05) is 31.1 Å². The first-order chi connectivity index (χ1) is 21.3. The number of aromatic nitrogens is 3. The van der Waals surface area contributed by atoms with Crippen LogP contribution in [0.1, 0.15) is 12.5 Å². The van der Waals surface area contributed by atoms with Crippen molar-refractivity contribution < 1.29 is 22.0 Å². The first-order valence-corrected chi connectivity index (χ1v) is 15.7. The van der Waals surface area contributed by atoms with Crippen LogP contribution in [-0.2, 0) is 14.6 Å². The lowest BCUT2D eigenvalue weighted by Gasteiger charge is -2.44. The molecule has 5 rings (SSSR count). The second-order valence-corrected chi connectivity index (χ2v) is 12.8. The number of hydrogen-bond donors (Lipinski definition) is 1. The van der Waals surface area contributed by atoms with E-state index in [1.165, 1.54) is 35.2 Å². The molecule has 11 nitrogen and oxygen atoms in total. The Labute approximate surface area is 258 Å². The Morgan fingerprint density at radius 2 is 1.89 bits per heavy atom. The quantitative estimate of drug-likeness (QED) is 0.194. The summed E-state index contributed by atoms with van der Waals surface area (Å²) < 4.78 is 57.8. The number of carbonyl (C=O) groups is 1. The second kappa shape index (κ2) is 11.7. The third-order valence-corrected chi connectivity index (χ3v) is 8.85. The Bertz CT molecular complexity index is 2070. The number of nitrogens with zero attached hydrogens (tertiary/aromatic N) is 6. The number of nitrogens with two attached hydrogens (primary N) is 1. The lowest BCUT2D eigenvalue weighted by molar-refractivity contribution is -0.127. The number of pyridine rings is 1. The molecule has 1 fully saturated rings. The summed E-state index contributed by atoms with van der Waals surface area (Å²) in [6, 6.07) is 8.14. The standard InChI is InChI=1S/C31H29F2N7O4S/c1-6-25(41)38-15-18(3)39(19(16-38)14-35-4)30-20-13-22(33)27(26-21(32)10-8-11-23(26)34)36-29(20)40(31(42)37-30)28-17(2)9-7-12-24(28)45(5,43)44/h6-13,18-19H,1,14-16,34H2,2-3,5H3/t18-,19-/m0/s1. The molecular weight excluding hydrogens is 604 g/mol. The molecule has 2 atom stereocenters. The zero-order chi connectivity index (χ0) is 32.8. The summed E-state index contributed by atoms with van der Waals surface area (Å²) in [5.41, 5.74) is 4.28. The van der Waals surface area contributed by atoms with E-state index < -0.39 is 44.9 Å². The van der Waals surface area contributed by atoms with Gasteiger partial charge in [0.1, 0.15) is 23.4 Å². The fraction of sp³-hybridized carbons (Fsp3) is 0.258. The average Bonchev–Trinajstić information content (AvgIpc) is 2.97. The van der Waals surface area contributed by atoms with E-state index in [0.29, 0.717) is 5.56 Å². The Kier molecular flexibility index (Phi) is 8.15. The van der Waals surface area contributed by atoms with Crippen molar-refractivity contribution in [2.45, 2.75) is 30.8 Å². The average molecular weight is 634 g/mol. The van der Waals surface area contributed by atoms with E-state index in [-0.39, 0.29) is 64.2 Å². The van der Waals surface area contributed by atoms with Crippen molar-refractivity contribution in [3.05, 3.63) is 94.2 Å². The van der Waals surface area contributed by atoms with E-state index >= 15 is 8.78 Å². The van der Waals surface area contributed by atoms with Crippen molar-refractivity contribution >= 4 is 38.3 Å². The number of fused-ring (bicyclic) bond motifs is 1. The van der Waals surface area contributed by atoms with Gasteiger partial charge in [-0.1, -0.05) is 24.8 Å². The number of carbonyl (C=O) groups excluding carboxylic acids is 1. The molecule has 1 amide bonds. The Morgan fingerprint density at radius 1 is 1.18 bits per heavy atom. The van der Waals surface area contributed by atoms with Crippen molar-refractivity contribution in [2.75, 3.05) is 36.5 Å². The molecule has 45 heavy (non-hydrogen) atoms. The molecule has 0 radical (unpaired) electrons. The summed E-state index contributed by atoms with van der Waals surface area (Å²) in [7, 11) is -3.90. The normalized spacial score (nSPS) is 16.9. The smallest absolute Gasteiger partial charge is 0.355 e. The highest BCUT2D eigenvalue weighted by atomic mass is 32.2. The first kappa shape index (κ1) is 31.3. The lowest BCUT2D eigenvalue weighted by atomic mass is 10.0. The molecule has 0 aliphatic carbocycles. The van der Waals surface area contributed by atoms with Gasteiger partial charge in [-0.3, -0.25) is 4.79 Å². The van der Waals surface area contributed by atoms with Crippen LogP contribution in [0.5, 0.6) is 0 Å². The van der Waals surface area contributed by atoms with E-state index in [1.54, 1.807) is 24.8 Å². The van der Waals surface area contributed by atoms with Gasteiger partial charge in [0.25, 0.3) is 0 Å². The van der Waals surface area contributed by atoms with Crippen LogP contribution in [0.2, 0.25) is 0 Å². The topological polar surface area (TPSA) is 136 Å². The summed E-state index contributed by atoms with van der Waals surface area (Å²) in [6.07, 6.45) is 2.16. The molecule has 2 aromatic carbocycles. The van der Waals surface area contributed by atoms with E-state index in [0.717, 1.165) is 23.0 Å². The minimum Gasteiger partial charge on any atom is -0.398 e. The van der Waals surface area contributed by atoms with Crippen LogP contribution in [0.25, 0.3) is 32.8 Å². The van der Waals surface area contributed by atoms with Crippen molar-refractivity contribution in [3.63, 3.8) is 0 Å².